The molecule has 0 saturated heterocycles. The van der Waals surface area contributed by atoms with E-state index in [1.54, 1.807) is 0 Å². The number of benzene rings is 2. The summed E-state index contributed by atoms with van der Waals surface area (Å²) in [6.45, 7) is 5.87. The monoisotopic (exact) mass is 307 g/mol. The zero-order valence-electron chi connectivity index (χ0n) is 13.5. The van der Waals surface area contributed by atoms with Gasteiger partial charge in [0.1, 0.15) is 5.52 Å². The Kier molecular flexibility index (Phi) is 3.54. The van der Waals surface area contributed by atoms with Gasteiger partial charge in [-0.3, -0.25) is 0 Å². The van der Waals surface area contributed by atoms with Crippen LogP contribution in [0.5, 0.6) is 0 Å². The number of rotatable bonds is 3. The molecule has 4 rings (SSSR count). The van der Waals surface area contributed by atoms with Gasteiger partial charge in [0.05, 0.1) is 0 Å². The fourth-order valence-corrected chi connectivity index (χ4v) is 3.33. The number of nitrogens with one attached hydrogen (secondary N) is 2. The van der Waals surface area contributed by atoms with Crippen LogP contribution < -0.4 is 10.6 Å². The summed E-state index contributed by atoms with van der Waals surface area (Å²) < 4.78 is 5.86. The maximum Gasteiger partial charge on any atom is 0.295 e. The van der Waals surface area contributed by atoms with E-state index in [1.807, 2.05) is 0 Å². The van der Waals surface area contributed by atoms with Gasteiger partial charge >= 0.3 is 0 Å². The highest BCUT2D eigenvalue weighted by molar-refractivity contribution is 5.78. The van der Waals surface area contributed by atoms with Gasteiger partial charge in [0.25, 0.3) is 6.01 Å². The SMILES string of the molecule is Cc1cc(C)c2oc(NCC3Cc4ccccc4CN3)nc2c1. The Bertz CT molecular complexity index is 853. The number of hydrogen-bond donors (Lipinski definition) is 2. The minimum atomic E-state index is 0.391. The van der Waals surface area contributed by atoms with Crippen molar-refractivity contribution in [3.63, 3.8) is 0 Å². The van der Waals surface area contributed by atoms with Gasteiger partial charge in [0, 0.05) is 19.1 Å². The molecule has 4 heteroatoms. The Hall–Kier alpha value is -2.33. The predicted molar refractivity (Wildman–Crippen MR) is 92.7 cm³/mol. The van der Waals surface area contributed by atoms with E-state index >= 15 is 0 Å². The van der Waals surface area contributed by atoms with Gasteiger partial charge in [-0.1, -0.05) is 30.3 Å². The molecule has 1 unspecified atom stereocenters. The number of hydrogen-bond acceptors (Lipinski definition) is 4. The third-order valence-corrected chi connectivity index (χ3v) is 4.49. The number of fused-ring (bicyclic) bond motifs is 2. The standard InChI is InChI=1S/C19H21N3O/c1-12-7-13(2)18-17(8-12)22-19(23-18)21-11-16-9-14-5-3-4-6-15(14)10-20-16/h3-8,16,20H,9-11H2,1-2H3,(H,21,22). The molecule has 4 nitrogen and oxygen atoms in total. The Morgan fingerprint density at radius 3 is 2.91 bits per heavy atom. The van der Waals surface area contributed by atoms with Crippen LogP contribution in [0.25, 0.3) is 11.1 Å². The van der Waals surface area contributed by atoms with Gasteiger partial charge in [-0.2, -0.15) is 4.98 Å². The predicted octanol–water partition coefficient (Wildman–Crippen LogP) is 3.57. The van der Waals surface area contributed by atoms with Crippen LogP contribution in [0.3, 0.4) is 0 Å². The molecular weight excluding hydrogens is 286 g/mol. The second-order valence-electron chi connectivity index (χ2n) is 6.38. The van der Waals surface area contributed by atoms with Gasteiger partial charge in [0.15, 0.2) is 5.58 Å². The van der Waals surface area contributed by atoms with Crippen LogP contribution in [-0.2, 0) is 13.0 Å². The molecule has 0 spiro atoms. The zero-order chi connectivity index (χ0) is 15.8. The van der Waals surface area contributed by atoms with Gasteiger partial charge in [-0.25, -0.2) is 0 Å². The molecule has 3 aromatic rings. The molecule has 0 radical (unpaired) electrons. The first kappa shape index (κ1) is 14.3. The van der Waals surface area contributed by atoms with E-state index in [1.165, 1.54) is 16.7 Å². The van der Waals surface area contributed by atoms with Gasteiger partial charge < -0.3 is 15.1 Å². The molecule has 1 aromatic heterocycles. The molecule has 2 N–H and O–H groups in total. The van der Waals surface area contributed by atoms with Crippen LogP contribution >= 0.6 is 0 Å². The average molecular weight is 307 g/mol. The summed E-state index contributed by atoms with van der Waals surface area (Å²) in [6, 6.07) is 13.8. The molecule has 1 atom stereocenters. The van der Waals surface area contributed by atoms with E-state index in [9.17, 15) is 0 Å². The first-order chi connectivity index (χ1) is 11.2. The fourth-order valence-electron chi connectivity index (χ4n) is 3.33. The largest absolute Gasteiger partial charge is 0.423 e. The minimum Gasteiger partial charge on any atom is -0.423 e. The van der Waals surface area contributed by atoms with Gasteiger partial charge in [-0.15, -0.1) is 0 Å². The lowest BCUT2D eigenvalue weighted by Gasteiger charge is -2.26. The number of anilines is 1. The number of aryl methyl sites for hydroxylation is 2. The fraction of sp³-hybridized carbons (Fsp3) is 0.316. The smallest absolute Gasteiger partial charge is 0.295 e. The highest BCUT2D eigenvalue weighted by atomic mass is 16.4. The highest BCUT2D eigenvalue weighted by Crippen LogP contribution is 2.24. The minimum absolute atomic E-state index is 0.391. The van der Waals surface area contributed by atoms with Crippen LogP contribution in [-0.4, -0.2) is 17.6 Å². The average Bonchev–Trinajstić information content (AvgIpc) is 2.96. The molecule has 0 bridgehead atoms. The normalized spacial score (nSPS) is 17.2. The van der Waals surface area contributed by atoms with E-state index in [0.717, 1.165) is 36.2 Å². The van der Waals surface area contributed by atoms with E-state index in [0.29, 0.717) is 12.1 Å². The lowest BCUT2D eigenvalue weighted by molar-refractivity contribution is 0.490. The summed E-state index contributed by atoms with van der Waals surface area (Å²) in [7, 11) is 0. The summed E-state index contributed by atoms with van der Waals surface area (Å²) in [4.78, 5) is 4.56. The van der Waals surface area contributed by atoms with Crippen molar-refractivity contribution in [3.05, 3.63) is 58.7 Å². The van der Waals surface area contributed by atoms with Crippen LogP contribution in [0.2, 0.25) is 0 Å². The molecule has 1 aliphatic heterocycles. The molecule has 0 saturated carbocycles. The Morgan fingerprint density at radius 2 is 2.04 bits per heavy atom. The molecule has 0 aliphatic carbocycles. The van der Waals surface area contributed by atoms with E-state index < -0.39 is 0 Å². The third-order valence-electron chi connectivity index (χ3n) is 4.49. The quantitative estimate of drug-likeness (QED) is 0.776. The van der Waals surface area contributed by atoms with Crippen molar-refractivity contribution in [1.29, 1.82) is 0 Å². The van der Waals surface area contributed by atoms with Gasteiger partial charge in [-0.05, 0) is 48.6 Å². The zero-order valence-corrected chi connectivity index (χ0v) is 13.5. The van der Waals surface area contributed by atoms with Crippen LogP contribution in [0, 0.1) is 13.8 Å². The lowest BCUT2D eigenvalue weighted by atomic mass is 9.96. The van der Waals surface area contributed by atoms with Gasteiger partial charge in [0.2, 0.25) is 0 Å². The van der Waals surface area contributed by atoms with Crippen LogP contribution in [0.15, 0.2) is 40.8 Å². The van der Waals surface area contributed by atoms with Crippen molar-refractivity contribution < 1.29 is 4.42 Å². The van der Waals surface area contributed by atoms with E-state index in [-0.39, 0.29) is 0 Å². The summed E-state index contributed by atoms with van der Waals surface area (Å²) in [5, 5.41) is 6.91. The first-order valence-corrected chi connectivity index (χ1v) is 8.11. The molecule has 23 heavy (non-hydrogen) atoms. The second-order valence-corrected chi connectivity index (χ2v) is 6.38. The Morgan fingerprint density at radius 1 is 1.22 bits per heavy atom. The van der Waals surface area contributed by atoms with E-state index in [4.69, 9.17) is 4.42 Å². The summed E-state index contributed by atoms with van der Waals surface area (Å²) in [6.07, 6.45) is 1.03. The summed E-state index contributed by atoms with van der Waals surface area (Å²) in [5.41, 5.74) is 6.97. The molecule has 2 heterocycles. The number of oxazole rings is 1. The van der Waals surface area contributed by atoms with Crippen molar-refractivity contribution in [3.8, 4) is 0 Å². The summed E-state index contributed by atoms with van der Waals surface area (Å²) in [5.74, 6) is 0. The van der Waals surface area contributed by atoms with Crippen molar-refractivity contribution in [2.24, 2.45) is 0 Å². The van der Waals surface area contributed by atoms with Crippen molar-refractivity contribution in [1.82, 2.24) is 10.3 Å². The third kappa shape index (κ3) is 2.82. The molecule has 118 valence electrons. The lowest BCUT2D eigenvalue weighted by Crippen LogP contribution is -2.40. The van der Waals surface area contributed by atoms with Crippen LogP contribution in [0.1, 0.15) is 22.3 Å². The maximum absolute atomic E-state index is 5.86. The molecular formula is C19H21N3O. The highest BCUT2D eigenvalue weighted by Gasteiger charge is 2.18. The molecule has 1 aliphatic rings. The summed E-state index contributed by atoms with van der Waals surface area (Å²) >= 11 is 0. The van der Waals surface area contributed by atoms with Crippen molar-refractivity contribution in [2.75, 3.05) is 11.9 Å². The Balaban J connectivity index is 1.47. The Labute approximate surface area is 135 Å². The number of aromatic nitrogens is 1. The number of nitrogens with zero attached hydrogens (tertiary/aromatic N) is 1. The molecule has 0 amide bonds. The first-order valence-electron chi connectivity index (χ1n) is 8.11. The molecule has 2 aromatic carbocycles. The van der Waals surface area contributed by atoms with E-state index in [2.05, 4.69) is 65.9 Å². The maximum atomic E-state index is 5.86. The topological polar surface area (TPSA) is 50.1 Å². The van der Waals surface area contributed by atoms with Crippen molar-refractivity contribution in [2.45, 2.75) is 32.9 Å². The van der Waals surface area contributed by atoms with Crippen LogP contribution in [0.4, 0.5) is 6.01 Å². The molecule has 0 fully saturated rings. The van der Waals surface area contributed by atoms with Crippen molar-refractivity contribution >= 4 is 17.1 Å². The second kappa shape index (κ2) is 5.70.